The van der Waals surface area contributed by atoms with Gasteiger partial charge in [-0.2, -0.15) is 0 Å². The number of nitrogens with one attached hydrogen (secondary N) is 2. The number of carbonyl (C=O) groups excluding carboxylic acids is 5. The van der Waals surface area contributed by atoms with Crippen LogP contribution in [0.5, 0.6) is 0 Å². The highest BCUT2D eigenvalue weighted by atomic mass is 16.2. The Hall–Kier alpha value is -3.23. The lowest BCUT2D eigenvalue weighted by molar-refractivity contribution is -0.136. The minimum absolute atomic E-state index is 0.101. The van der Waals surface area contributed by atoms with Gasteiger partial charge in [0.05, 0.1) is 11.1 Å². The molecule has 1 aromatic rings. The van der Waals surface area contributed by atoms with Crippen molar-refractivity contribution in [1.82, 2.24) is 15.5 Å². The van der Waals surface area contributed by atoms with E-state index in [9.17, 15) is 24.0 Å². The van der Waals surface area contributed by atoms with Crippen molar-refractivity contribution in [3.8, 4) is 0 Å². The fourth-order valence-corrected chi connectivity index (χ4v) is 4.36. The Kier molecular flexibility index (Phi) is 8.79. The third-order valence-electron chi connectivity index (χ3n) is 6.43. The average molecular weight is 471 g/mol. The molecule has 2 aliphatic heterocycles. The molecule has 1 saturated heterocycles. The molecule has 0 aliphatic carbocycles. The molecule has 34 heavy (non-hydrogen) atoms. The van der Waals surface area contributed by atoms with Crippen molar-refractivity contribution in [3.63, 3.8) is 0 Å². The number of carbonyl (C=O) groups is 5. The molecule has 2 aliphatic rings. The number of benzene rings is 1. The molecule has 3 rings (SSSR count). The largest absolute Gasteiger partial charge is 0.375 e. The van der Waals surface area contributed by atoms with Gasteiger partial charge in [-0.25, -0.2) is 0 Å². The van der Waals surface area contributed by atoms with Gasteiger partial charge in [-0.3, -0.25) is 34.2 Å². The van der Waals surface area contributed by atoms with Gasteiger partial charge >= 0.3 is 0 Å². The molecule has 0 saturated carbocycles. The molecule has 2 heterocycles. The maximum atomic E-state index is 13.0. The van der Waals surface area contributed by atoms with Gasteiger partial charge < -0.3 is 10.2 Å². The van der Waals surface area contributed by atoms with Gasteiger partial charge in [-0.1, -0.05) is 32.6 Å². The monoisotopic (exact) mass is 470 g/mol. The lowest BCUT2D eigenvalue weighted by atomic mass is 10.0. The third-order valence-corrected chi connectivity index (χ3v) is 6.43. The number of unbranched alkanes of at least 4 members (excludes halogenated alkanes) is 5. The van der Waals surface area contributed by atoms with Gasteiger partial charge in [0.25, 0.3) is 11.8 Å². The summed E-state index contributed by atoms with van der Waals surface area (Å²) in [5.74, 6) is -1.86. The molecule has 1 aromatic carbocycles. The van der Waals surface area contributed by atoms with Gasteiger partial charge in [0.2, 0.25) is 17.7 Å². The van der Waals surface area contributed by atoms with Crippen LogP contribution in [0.2, 0.25) is 0 Å². The maximum Gasteiger partial charge on any atom is 0.262 e. The van der Waals surface area contributed by atoms with Crippen LogP contribution in [0.3, 0.4) is 0 Å². The Balaban J connectivity index is 1.45. The molecular weight excluding hydrogens is 436 g/mol. The number of imide groups is 2. The zero-order valence-corrected chi connectivity index (χ0v) is 20.0. The molecule has 5 amide bonds. The number of amides is 5. The first-order valence-corrected chi connectivity index (χ1v) is 12.2. The third kappa shape index (κ3) is 6.01. The molecule has 1 fully saturated rings. The quantitative estimate of drug-likeness (QED) is 0.358. The Morgan fingerprint density at radius 2 is 1.71 bits per heavy atom. The summed E-state index contributed by atoms with van der Waals surface area (Å²) in [5.41, 5.74) is 1.44. The zero-order valence-electron chi connectivity index (χ0n) is 20.0. The Labute approximate surface area is 200 Å². The molecule has 0 spiro atoms. The number of anilines is 1. The van der Waals surface area contributed by atoms with Crippen LogP contribution in [0.25, 0.3) is 0 Å². The molecule has 1 unspecified atom stereocenters. The number of fused-ring (bicyclic) bond motifs is 1. The van der Waals surface area contributed by atoms with Crippen LogP contribution < -0.4 is 15.5 Å². The molecule has 0 aromatic heterocycles. The topological polar surface area (TPSA) is 116 Å². The lowest BCUT2D eigenvalue weighted by Gasteiger charge is -2.27. The smallest absolute Gasteiger partial charge is 0.262 e. The van der Waals surface area contributed by atoms with E-state index in [4.69, 9.17) is 0 Å². The molecule has 2 N–H and O–H groups in total. The van der Waals surface area contributed by atoms with E-state index >= 15 is 0 Å². The van der Waals surface area contributed by atoms with E-state index in [1.165, 1.54) is 0 Å². The molecule has 9 heteroatoms. The van der Waals surface area contributed by atoms with Crippen molar-refractivity contribution in [2.24, 2.45) is 0 Å². The first-order valence-electron chi connectivity index (χ1n) is 12.2. The second-order valence-corrected chi connectivity index (χ2v) is 8.92. The average Bonchev–Trinajstić information content (AvgIpc) is 3.07. The summed E-state index contributed by atoms with van der Waals surface area (Å²) in [6.07, 6.45) is 7.26. The number of piperidine rings is 1. The van der Waals surface area contributed by atoms with Crippen LogP contribution in [-0.2, 0) is 14.4 Å². The normalized spacial score (nSPS) is 17.6. The fraction of sp³-hybridized carbons (Fsp3) is 0.560. The highest BCUT2D eigenvalue weighted by Crippen LogP contribution is 2.30. The summed E-state index contributed by atoms with van der Waals surface area (Å²) >= 11 is 0. The van der Waals surface area contributed by atoms with E-state index < -0.39 is 23.8 Å². The standard InChI is InChI=1S/C25H34N4O5/c1-3-21(30)26-14-8-6-4-5-7-9-15-28(2)17-10-11-18-19(16-17)25(34)29(24(18)33)20-12-13-22(31)27-23(20)32/h10-11,16,20H,3-9,12-15H2,1-2H3,(H,26,30)(H,27,31,32). The second-order valence-electron chi connectivity index (χ2n) is 8.92. The maximum absolute atomic E-state index is 13.0. The number of hydrogen-bond donors (Lipinski definition) is 2. The molecule has 0 bridgehead atoms. The minimum atomic E-state index is -0.950. The predicted molar refractivity (Wildman–Crippen MR) is 127 cm³/mol. The van der Waals surface area contributed by atoms with Crippen LogP contribution in [0.15, 0.2) is 18.2 Å². The second kappa shape index (κ2) is 11.8. The molecular formula is C25H34N4O5. The summed E-state index contributed by atoms with van der Waals surface area (Å²) < 4.78 is 0. The van der Waals surface area contributed by atoms with Crippen LogP contribution in [0.1, 0.15) is 85.4 Å². The molecule has 0 radical (unpaired) electrons. The first kappa shape index (κ1) is 25.4. The van der Waals surface area contributed by atoms with Crippen LogP contribution in [0.4, 0.5) is 5.69 Å². The summed E-state index contributed by atoms with van der Waals surface area (Å²) in [6, 6.07) is 4.23. The van der Waals surface area contributed by atoms with E-state index in [2.05, 4.69) is 15.5 Å². The first-order chi connectivity index (χ1) is 16.3. The summed E-state index contributed by atoms with van der Waals surface area (Å²) in [4.78, 5) is 63.6. The van der Waals surface area contributed by atoms with Gasteiger partial charge in [-0.15, -0.1) is 0 Å². The van der Waals surface area contributed by atoms with E-state index in [1.54, 1.807) is 12.1 Å². The highest BCUT2D eigenvalue weighted by molar-refractivity contribution is 6.23. The van der Waals surface area contributed by atoms with Crippen molar-refractivity contribution >= 4 is 35.2 Å². The van der Waals surface area contributed by atoms with Crippen molar-refractivity contribution in [2.45, 2.75) is 70.8 Å². The number of rotatable bonds is 12. The minimum Gasteiger partial charge on any atom is -0.375 e. The summed E-state index contributed by atoms with van der Waals surface area (Å²) in [6.45, 7) is 3.42. The molecule has 184 valence electrons. The Bertz CT molecular complexity index is 961. The van der Waals surface area contributed by atoms with Gasteiger partial charge in [0, 0.05) is 38.7 Å². The van der Waals surface area contributed by atoms with Gasteiger partial charge in [-0.05, 0) is 37.5 Å². The van der Waals surface area contributed by atoms with E-state index in [1.807, 2.05) is 20.0 Å². The molecule has 1 atom stereocenters. The Morgan fingerprint density at radius 3 is 2.41 bits per heavy atom. The van der Waals surface area contributed by atoms with Crippen molar-refractivity contribution < 1.29 is 24.0 Å². The predicted octanol–water partition coefficient (Wildman–Crippen LogP) is 2.39. The van der Waals surface area contributed by atoms with Crippen LogP contribution >= 0.6 is 0 Å². The number of nitrogens with zero attached hydrogens (tertiary/aromatic N) is 2. The highest BCUT2D eigenvalue weighted by Gasteiger charge is 2.44. The molecule has 9 nitrogen and oxygen atoms in total. The van der Waals surface area contributed by atoms with Gasteiger partial charge in [0.1, 0.15) is 6.04 Å². The van der Waals surface area contributed by atoms with Crippen molar-refractivity contribution in [3.05, 3.63) is 29.3 Å². The van der Waals surface area contributed by atoms with Crippen molar-refractivity contribution in [1.29, 1.82) is 0 Å². The SMILES string of the molecule is CCC(=O)NCCCCCCCCN(C)c1ccc2c(c1)C(=O)N(C1CCC(=O)NC1=O)C2=O. The zero-order chi connectivity index (χ0) is 24.7. The lowest BCUT2D eigenvalue weighted by Crippen LogP contribution is -2.54. The van der Waals surface area contributed by atoms with Crippen LogP contribution in [-0.4, -0.2) is 60.6 Å². The summed E-state index contributed by atoms with van der Waals surface area (Å²) in [5, 5.41) is 5.10. The van der Waals surface area contributed by atoms with Crippen LogP contribution in [0, 0.1) is 0 Å². The Morgan fingerprint density at radius 1 is 1.03 bits per heavy atom. The summed E-state index contributed by atoms with van der Waals surface area (Å²) in [7, 11) is 1.96. The van der Waals surface area contributed by atoms with E-state index in [0.717, 1.165) is 62.2 Å². The van der Waals surface area contributed by atoms with Crippen molar-refractivity contribution in [2.75, 3.05) is 25.0 Å². The van der Waals surface area contributed by atoms with Gasteiger partial charge in [0.15, 0.2) is 0 Å². The number of hydrogen-bond acceptors (Lipinski definition) is 6. The van der Waals surface area contributed by atoms with E-state index in [0.29, 0.717) is 17.5 Å². The van der Waals surface area contributed by atoms with E-state index in [-0.39, 0.29) is 24.7 Å². The fourth-order valence-electron chi connectivity index (χ4n) is 4.36.